The molecule has 2 aromatic heterocycles. The standard InChI is InChI=1S/C18H14Cl2N4O/c19-14-3-4-16(20)17(7-14)24-15-6-13(10-22-11-15)18(25)23-9-12-2-1-5-21-8-12/h1-8,10-11,24H,9H2,(H,23,25). The van der Waals surface area contributed by atoms with Crippen molar-refractivity contribution in [1.82, 2.24) is 15.3 Å². The Kier molecular flexibility index (Phi) is 5.48. The van der Waals surface area contributed by atoms with Crippen LogP contribution in [0.25, 0.3) is 0 Å². The van der Waals surface area contributed by atoms with Gasteiger partial charge >= 0.3 is 0 Å². The zero-order chi connectivity index (χ0) is 17.6. The molecule has 0 saturated carbocycles. The van der Waals surface area contributed by atoms with E-state index in [1.165, 1.54) is 6.20 Å². The number of hydrogen-bond donors (Lipinski definition) is 2. The number of nitrogens with zero attached hydrogens (tertiary/aromatic N) is 2. The van der Waals surface area contributed by atoms with Crippen molar-refractivity contribution in [1.29, 1.82) is 0 Å². The zero-order valence-electron chi connectivity index (χ0n) is 13.0. The summed E-state index contributed by atoms with van der Waals surface area (Å²) in [6.45, 7) is 0.393. The normalized spacial score (nSPS) is 10.3. The van der Waals surface area contributed by atoms with Crippen LogP contribution in [0.5, 0.6) is 0 Å². The van der Waals surface area contributed by atoms with Gasteiger partial charge < -0.3 is 10.6 Å². The average Bonchev–Trinajstić information content (AvgIpc) is 2.64. The van der Waals surface area contributed by atoms with Gasteiger partial charge in [-0.1, -0.05) is 29.3 Å². The van der Waals surface area contributed by atoms with Crippen LogP contribution in [0.15, 0.2) is 61.2 Å². The smallest absolute Gasteiger partial charge is 0.253 e. The molecule has 1 amide bonds. The Hall–Kier alpha value is -2.63. The number of rotatable bonds is 5. The largest absolute Gasteiger partial charge is 0.353 e. The Balaban J connectivity index is 1.70. The molecule has 0 aliphatic heterocycles. The molecule has 0 aliphatic carbocycles. The van der Waals surface area contributed by atoms with Crippen molar-refractivity contribution in [3.63, 3.8) is 0 Å². The van der Waals surface area contributed by atoms with Crippen LogP contribution in [0, 0.1) is 0 Å². The minimum absolute atomic E-state index is 0.225. The highest BCUT2D eigenvalue weighted by Gasteiger charge is 2.08. The Morgan fingerprint density at radius 2 is 1.92 bits per heavy atom. The lowest BCUT2D eigenvalue weighted by Crippen LogP contribution is -2.23. The predicted molar refractivity (Wildman–Crippen MR) is 99.4 cm³/mol. The van der Waals surface area contributed by atoms with Gasteiger partial charge in [-0.05, 0) is 35.9 Å². The third kappa shape index (κ3) is 4.68. The third-order valence-electron chi connectivity index (χ3n) is 3.38. The van der Waals surface area contributed by atoms with E-state index in [2.05, 4.69) is 20.6 Å². The molecule has 2 N–H and O–H groups in total. The van der Waals surface area contributed by atoms with Gasteiger partial charge in [0.1, 0.15) is 0 Å². The topological polar surface area (TPSA) is 66.9 Å². The summed E-state index contributed by atoms with van der Waals surface area (Å²) >= 11 is 12.1. The van der Waals surface area contributed by atoms with E-state index in [-0.39, 0.29) is 5.91 Å². The summed E-state index contributed by atoms with van der Waals surface area (Å²) in [4.78, 5) is 20.4. The number of halogens is 2. The molecule has 7 heteroatoms. The van der Waals surface area contributed by atoms with Crippen molar-refractivity contribution in [2.45, 2.75) is 6.54 Å². The first-order valence-corrected chi connectivity index (χ1v) is 8.21. The molecule has 0 unspecified atom stereocenters. The number of nitrogens with one attached hydrogen (secondary N) is 2. The van der Waals surface area contributed by atoms with Gasteiger partial charge in [0, 0.05) is 30.2 Å². The van der Waals surface area contributed by atoms with E-state index in [0.29, 0.717) is 33.5 Å². The Morgan fingerprint density at radius 3 is 2.72 bits per heavy atom. The Morgan fingerprint density at radius 1 is 1.04 bits per heavy atom. The Bertz CT molecular complexity index is 887. The number of hydrogen-bond acceptors (Lipinski definition) is 4. The van der Waals surface area contributed by atoms with Gasteiger partial charge in [0.2, 0.25) is 0 Å². The first-order valence-electron chi connectivity index (χ1n) is 7.46. The van der Waals surface area contributed by atoms with Gasteiger partial charge in [0.25, 0.3) is 5.91 Å². The zero-order valence-corrected chi connectivity index (χ0v) is 14.6. The van der Waals surface area contributed by atoms with Crippen molar-refractivity contribution in [2.75, 3.05) is 5.32 Å². The van der Waals surface area contributed by atoms with Crippen molar-refractivity contribution in [3.05, 3.63) is 82.4 Å². The molecule has 0 radical (unpaired) electrons. The number of carbonyl (C=O) groups is 1. The van der Waals surface area contributed by atoms with Gasteiger partial charge in [-0.25, -0.2) is 0 Å². The van der Waals surface area contributed by atoms with E-state index < -0.39 is 0 Å². The van der Waals surface area contributed by atoms with Crippen LogP contribution in [-0.2, 0) is 6.54 Å². The monoisotopic (exact) mass is 372 g/mol. The third-order valence-corrected chi connectivity index (χ3v) is 3.95. The highest BCUT2D eigenvalue weighted by molar-refractivity contribution is 6.35. The van der Waals surface area contributed by atoms with E-state index in [1.807, 2.05) is 12.1 Å². The summed E-state index contributed by atoms with van der Waals surface area (Å²) in [5, 5.41) is 7.03. The molecule has 1 aromatic carbocycles. The SMILES string of the molecule is O=C(NCc1cccnc1)c1cncc(Nc2cc(Cl)ccc2Cl)c1. The highest BCUT2D eigenvalue weighted by atomic mass is 35.5. The molecule has 5 nitrogen and oxygen atoms in total. The summed E-state index contributed by atoms with van der Waals surface area (Å²) < 4.78 is 0. The molecule has 3 rings (SSSR count). The summed E-state index contributed by atoms with van der Waals surface area (Å²) in [6, 6.07) is 10.5. The lowest BCUT2D eigenvalue weighted by Gasteiger charge is -2.10. The van der Waals surface area contributed by atoms with Crippen molar-refractivity contribution in [2.24, 2.45) is 0 Å². The lowest BCUT2D eigenvalue weighted by atomic mass is 10.2. The van der Waals surface area contributed by atoms with E-state index in [9.17, 15) is 4.79 Å². The van der Waals surface area contributed by atoms with Gasteiger partial charge in [-0.2, -0.15) is 0 Å². The fraction of sp³-hybridized carbons (Fsp3) is 0.0556. The van der Waals surface area contributed by atoms with E-state index in [0.717, 1.165) is 5.56 Å². The molecule has 0 spiro atoms. The molecular weight excluding hydrogens is 359 g/mol. The van der Waals surface area contributed by atoms with Crippen LogP contribution in [-0.4, -0.2) is 15.9 Å². The summed E-state index contributed by atoms with van der Waals surface area (Å²) in [5.41, 5.74) is 2.64. The predicted octanol–water partition coefficient (Wildman–Crippen LogP) is 4.46. The van der Waals surface area contributed by atoms with E-state index >= 15 is 0 Å². The minimum Gasteiger partial charge on any atom is -0.353 e. The van der Waals surface area contributed by atoms with Gasteiger partial charge in [0.15, 0.2) is 0 Å². The Labute approximate surface area is 155 Å². The first-order chi connectivity index (χ1) is 12.1. The fourth-order valence-corrected chi connectivity index (χ4v) is 2.51. The molecule has 3 aromatic rings. The molecule has 0 fully saturated rings. The summed E-state index contributed by atoms with van der Waals surface area (Å²) in [6.07, 6.45) is 6.50. The van der Waals surface area contributed by atoms with Crippen LogP contribution < -0.4 is 10.6 Å². The quantitative estimate of drug-likeness (QED) is 0.693. The van der Waals surface area contributed by atoms with Crippen LogP contribution in [0.1, 0.15) is 15.9 Å². The molecule has 126 valence electrons. The number of pyridine rings is 2. The highest BCUT2D eigenvalue weighted by Crippen LogP contribution is 2.28. The van der Waals surface area contributed by atoms with Gasteiger partial charge in [-0.3, -0.25) is 14.8 Å². The molecule has 0 aliphatic rings. The minimum atomic E-state index is -0.225. The number of carbonyl (C=O) groups excluding carboxylic acids is 1. The number of amides is 1. The van der Waals surface area contributed by atoms with Crippen molar-refractivity contribution >= 4 is 40.5 Å². The molecule has 25 heavy (non-hydrogen) atoms. The first kappa shape index (κ1) is 17.2. The number of benzene rings is 1. The number of anilines is 2. The van der Waals surface area contributed by atoms with Crippen LogP contribution >= 0.6 is 23.2 Å². The van der Waals surface area contributed by atoms with Crippen LogP contribution in [0.2, 0.25) is 10.0 Å². The molecular formula is C18H14Cl2N4O. The van der Waals surface area contributed by atoms with Gasteiger partial charge in [-0.15, -0.1) is 0 Å². The van der Waals surface area contributed by atoms with Crippen molar-refractivity contribution in [3.8, 4) is 0 Å². The molecule has 2 heterocycles. The van der Waals surface area contributed by atoms with Gasteiger partial charge in [0.05, 0.1) is 28.2 Å². The average molecular weight is 373 g/mol. The second-order valence-corrected chi connectivity index (χ2v) is 6.10. The molecule has 0 atom stereocenters. The fourth-order valence-electron chi connectivity index (χ4n) is 2.17. The number of aromatic nitrogens is 2. The van der Waals surface area contributed by atoms with Crippen molar-refractivity contribution < 1.29 is 4.79 Å². The maximum atomic E-state index is 12.3. The van der Waals surface area contributed by atoms with E-state index in [4.69, 9.17) is 23.2 Å². The summed E-state index contributed by atoms with van der Waals surface area (Å²) in [5.74, 6) is -0.225. The lowest BCUT2D eigenvalue weighted by molar-refractivity contribution is 0.0950. The molecule has 0 saturated heterocycles. The van der Waals surface area contributed by atoms with Crippen LogP contribution in [0.3, 0.4) is 0 Å². The molecule has 0 bridgehead atoms. The maximum absolute atomic E-state index is 12.3. The second-order valence-electron chi connectivity index (χ2n) is 5.26. The van der Waals surface area contributed by atoms with Crippen LogP contribution in [0.4, 0.5) is 11.4 Å². The maximum Gasteiger partial charge on any atom is 0.253 e. The summed E-state index contributed by atoms with van der Waals surface area (Å²) in [7, 11) is 0. The van der Waals surface area contributed by atoms with E-state index in [1.54, 1.807) is 42.9 Å². The second kappa shape index (κ2) is 7.96.